The molecule has 0 saturated heterocycles. The molecule has 0 unspecified atom stereocenters. The topological polar surface area (TPSA) is 93.5 Å². The molecule has 0 aliphatic carbocycles. The lowest BCUT2D eigenvalue weighted by Gasteiger charge is -2.30. The largest absolute Gasteiger partial charge is 0.371 e. The molecule has 0 N–H and O–H groups in total. The van der Waals surface area contributed by atoms with Gasteiger partial charge in [-0.15, -0.1) is 0 Å². The summed E-state index contributed by atoms with van der Waals surface area (Å²) in [6, 6.07) is 28.8. The summed E-state index contributed by atoms with van der Waals surface area (Å²) in [7, 11) is 0. The fourth-order valence-corrected chi connectivity index (χ4v) is 3.30. The van der Waals surface area contributed by atoms with Crippen LogP contribution in [-0.4, -0.2) is 31.1 Å². The maximum absolute atomic E-state index is 12.1. The highest BCUT2D eigenvalue weighted by molar-refractivity contribution is 5.57. The Balaban J connectivity index is 1.78. The molecule has 0 saturated carbocycles. The minimum atomic E-state index is -0.913. The van der Waals surface area contributed by atoms with E-state index in [0.29, 0.717) is 6.29 Å². The SMILES string of the molecule is [N-]=[N+]=NC[C@@H](OCc1ccccc1)[C@H](OCc1ccccc1)[C@H](C=O)OCc1ccccc1. The number of hydrogen-bond donors (Lipinski definition) is 0. The highest BCUT2D eigenvalue weighted by atomic mass is 16.6. The van der Waals surface area contributed by atoms with Gasteiger partial charge >= 0.3 is 0 Å². The maximum Gasteiger partial charge on any atom is 0.151 e. The van der Waals surface area contributed by atoms with E-state index in [4.69, 9.17) is 19.7 Å². The van der Waals surface area contributed by atoms with Gasteiger partial charge in [0.2, 0.25) is 0 Å². The van der Waals surface area contributed by atoms with E-state index >= 15 is 0 Å². The molecule has 3 atom stereocenters. The molecule has 0 spiro atoms. The maximum atomic E-state index is 12.1. The van der Waals surface area contributed by atoms with Crippen LogP contribution in [0.1, 0.15) is 16.7 Å². The van der Waals surface area contributed by atoms with Crippen molar-refractivity contribution in [1.82, 2.24) is 0 Å². The predicted molar refractivity (Wildman–Crippen MR) is 125 cm³/mol. The third-order valence-corrected chi connectivity index (χ3v) is 5.03. The predicted octanol–water partition coefficient (Wildman–Crippen LogP) is 5.25. The Kier molecular flexibility index (Phi) is 10.1. The number of azide groups is 1. The van der Waals surface area contributed by atoms with E-state index in [-0.39, 0.29) is 26.4 Å². The first-order chi connectivity index (χ1) is 16.3. The Labute approximate surface area is 193 Å². The van der Waals surface area contributed by atoms with Gasteiger partial charge < -0.3 is 19.0 Å². The van der Waals surface area contributed by atoms with E-state index in [0.717, 1.165) is 16.7 Å². The van der Waals surface area contributed by atoms with Crippen LogP contribution in [-0.2, 0) is 38.8 Å². The molecule has 3 aromatic rings. The van der Waals surface area contributed by atoms with Gasteiger partial charge in [-0.3, -0.25) is 0 Å². The summed E-state index contributed by atoms with van der Waals surface area (Å²) in [4.78, 5) is 14.9. The number of rotatable bonds is 14. The molecular formula is C26H27N3O4. The first-order valence-corrected chi connectivity index (χ1v) is 10.7. The van der Waals surface area contributed by atoms with Gasteiger partial charge in [-0.2, -0.15) is 0 Å². The molecule has 0 aliphatic heterocycles. The number of nitrogens with zero attached hydrogens (tertiary/aromatic N) is 3. The number of hydrogen-bond acceptors (Lipinski definition) is 5. The molecular weight excluding hydrogens is 418 g/mol. The second-order valence-electron chi connectivity index (χ2n) is 7.41. The third kappa shape index (κ3) is 8.18. The van der Waals surface area contributed by atoms with Crippen LogP contribution in [0.2, 0.25) is 0 Å². The van der Waals surface area contributed by atoms with Crippen molar-refractivity contribution in [3.8, 4) is 0 Å². The minimum Gasteiger partial charge on any atom is -0.371 e. The zero-order valence-corrected chi connectivity index (χ0v) is 18.3. The summed E-state index contributed by atoms with van der Waals surface area (Å²) in [5.41, 5.74) is 11.7. The van der Waals surface area contributed by atoms with Gasteiger partial charge in [-0.25, -0.2) is 0 Å². The second kappa shape index (κ2) is 13.8. The molecule has 0 aliphatic rings. The second-order valence-corrected chi connectivity index (χ2v) is 7.41. The zero-order chi connectivity index (χ0) is 23.1. The van der Waals surface area contributed by atoms with E-state index in [9.17, 15) is 4.79 Å². The lowest BCUT2D eigenvalue weighted by molar-refractivity contribution is -0.156. The van der Waals surface area contributed by atoms with Gasteiger partial charge in [0.25, 0.3) is 0 Å². The van der Waals surface area contributed by atoms with Crippen molar-refractivity contribution in [3.05, 3.63) is 118 Å². The first kappa shape index (κ1) is 24.2. The summed E-state index contributed by atoms with van der Waals surface area (Å²) >= 11 is 0. The Morgan fingerprint density at radius 3 is 1.64 bits per heavy atom. The molecule has 170 valence electrons. The molecule has 0 heterocycles. The standard InChI is InChI=1S/C26H27N3O4/c27-29-28-16-24(31-18-21-10-4-1-5-11-21)26(33-20-23-14-8-3-9-15-23)25(17-30)32-19-22-12-6-2-7-13-22/h1-15,17,24-26H,16,18-20H2/t24-,25+,26+/m1/s1. The average molecular weight is 446 g/mol. The van der Waals surface area contributed by atoms with Crippen LogP contribution in [0.15, 0.2) is 96.1 Å². The third-order valence-electron chi connectivity index (χ3n) is 5.03. The average Bonchev–Trinajstić information content (AvgIpc) is 2.88. The Morgan fingerprint density at radius 2 is 1.18 bits per heavy atom. The molecule has 0 amide bonds. The number of ether oxygens (including phenoxy) is 3. The van der Waals surface area contributed by atoms with Gasteiger partial charge in [0.05, 0.1) is 32.5 Å². The van der Waals surface area contributed by atoms with E-state index in [1.54, 1.807) is 0 Å². The number of aldehydes is 1. The molecule has 7 heteroatoms. The van der Waals surface area contributed by atoms with Crippen molar-refractivity contribution in [2.24, 2.45) is 5.11 Å². The molecule has 0 fully saturated rings. The number of carbonyl (C=O) groups excluding carboxylic acids is 1. The van der Waals surface area contributed by atoms with E-state index < -0.39 is 18.3 Å². The van der Waals surface area contributed by atoms with E-state index in [2.05, 4.69) is 10.0 Å². The summed E-state index contributed by atoms with van der Waals surface area (Å²) in [6.45, 7) is 0.776. The lowest BCUT2D eigenvalue weighted by atomic mass is 10.1. The van der Waals surface area contributed by atoms with Gasteiger partial charge in [-0.1, -0.05) is 96.1 Å². The highest BCUT2D eigenvalue weighted by Gasteiger charge is 2.32. The Bertz CT molecular complexity index is 996. The number of carbonyl (C=O) groups is 1. The Hall–Kier alpha value is -3.48. The summed E-state index contributed by atoms with van der Waals surface area (Å²) in [5.74, 6) is 0. The molecule has 3 aromatic carbocycles. The van der Waals surface area contributed by atoms with Crippen molar-refractivity contribution in [2.45, 2.75) is 38.1 Å². The van der Waals surface area contributed by atoms with Crippen molar-refractivity contribution in [2.75, 3.05) is 6.54 Å². The minimum absolute atomic E-state index is 0.00181. The molecule has 3 rings (SSSR count). The van der Waals surface area contributed by atoms with Crippen LogP contribution in [0.5, 0.6) is 0 Å². The molecule has 0 bridgehead atoms. The summed E-state index contributed by atoms with van der Waals surface area (Å²) < 4.78 is 18.2. The molecule has 33 heavy (non-hydrogen) atoms. The van der Waals surface area contributed by atoms with Crippen molar-refractivity contribution >= 4 is 6.29 Å². The monoisotopic (exact) mass is 445 g/mol. The quantitative estimate of drug-likeness (QED) is 0.147. The van der Waals surface area contributed by atoms with Crippen molar-refractivity contribution < 1.29 is 19.0 Å². The van der Waals surface area contributed by atoms with Crippen LogP contribution in [0.4, 0.5) is 0 Å². The van der Waals surface area contributed by atoms with Crippen LogP contribution < -0.4 is 0 Å². The van der Waals surface area contributed by atoms with Gasteiger partial charge in [0.1, 0.15) is 12.2 Å². The van der Waals surface area contributed by atoms with Gasteiger partial charge in [0.15, 0.2) is 6.29 Å². The molecule has 0 radical (unpaired) electrons. The molecule has 7 nitrogen and oxygen atoms in total. The smallest absolute Gasteiger partial charge is 0.151 e. The first-order valence-electron chi connectivity index (χ1n) is 10.7. The van der Waals surface area contributed by atoms with Crippen LogP contribution in [0, 0.1) is 0 Å². The fourth-order valence-electron chi connectivity index (χ4n) is 3.30. The van der Waals surface area contributed by atoms with E-state index in [1.807, 2.05) is 91.0 Å². The van der Waals surface area contributed by atoms with Crippen LogP contribution in [0.25, 0.3) is 10.4 Å². The summed E-state index contributed by atoms with van der Waals surface area (Å²) in [6.07, 6.45) is -1.66. The lowest BCUT2D eigenvalue weighted by Crippen LogP contribution is -2.45. The van der Waals surface area contributed by atoms with Crippen molar-refractivity contribution in [3.63, 3.8) is 0 Å². The highest BCUT2D eigenvalue weighted by Crippen LogP contribution is 2.18. The Morgan fingerprint density at radius 1 is 0.727 bits per heavy atom. The number of benzene rings is 3. The van der Waals surface area contributed by atoms with Crippen molar-refractivity contribution in [1.29, 1.82) is 0 Å². The zero-order valence-electron chi connectivity index (χ0n) is 18.3. The van der Waals surface area contributed by atoms with Gasteiger partial charge in [0, 0.05) is 4.91 Å². The normalized spacial score (nSPS) is 13.5. The van der Waals surface area contributed by atoms with E-state index in [1.165, 1.54) is 0 Å². The van der Waals surface area contributed by atoms with Gasteiger partial charge in [-0.05, 0) is 22.2 Å². The van der Waals surface area contributed by atoms with Crippen LogP contribution in [0.3, 0.4) is 0 Å². The molecule has 0 aromatic heterocycles. The summed E-state index contributed by atoms with van der Waals surface area (Å²) in [5, 5.41) is 3.70. The van der Waals surface area contributed by atoms with Crippen LogP contribution >= 0.6 is 0 Å². The fraction of sp³-hybridized carbons (Fsp3) is 0.269.